The van der Waals surface area contributed by atoms with Crippen LogP contribution in [0.3, 0.4) is 0 Å². The molecule has 2 fully saturated rings. The summed E-state index contributed by atoms with van der Waals surface area (Å²) in [6.07, 6.45) is 5.94. The van der Waals surface area contributed by atoms with Crippen LogP contribution in [0.15, 0.2) is 98.1 Å². The summed E-state index contributed by atoms with van der Waals surface area (Å²) in [5.41, 5.74) is 11.9. The summed E-state index contributed by atoms with van der Waals surface area (Å²) in [6.45, 7) is 23.8. The highest BCUT2D eigenvalue weighted by Crippen LogP contribution is 2.62. The molecule has 21 heteroatoms. The van der Waals surface area contributed by atoms with Gasteiger partial charge in [-0.2, -0.15) is 10.5 Å². The van der Waals surface area contributed by atoms with Crippen molar-refractivity contribution in [2.45, 2.75) is 140 Å². The fourth-order valence-electron chi connectivity index (χ4n) is 18.1. The molecule has 0 saturated carbocycles. The molecule has 10 atom stereocenters. The van der Waals surface area contributed by atoms with E-state index in [0.717, 1.165) is 72.5 Å². The molecule has 6 aromatic rings. The van der Waals surface area contributed by atoms with Gasteiger partial charge in [0, 0.05) is 82.9 Å². The lowest BCUT2D eigenvalue weighted by Gasteiger charge is -2.60. The first-order valence-electron chi connectivity index (χ1n) is 34.1. The lowest BCUT2D eigenvalue weighted by Crippen LogP contribution is -2.70. The third-order valence-electron chi connectivity index (χ3n) is 21.9. The van der Waals surface area contributed by atoms with Crippen LogP contribution in [0.4, 0.5) is 0 Å². The second kappa shape index (κ2) is 28.0. The van der Waals surface area contributed by atoms with Crippen molar-refractivity contribution >= 4 is 18.7 Å². The van der Waals surface area contributed by atoms with E-state index >= 15 is 0 Å². The number of nitrogens with zero attached hydrogens (tertiary/aromatic N) is 6. The average Bonchev–Trinajstić information content (AvgIpc) is 1.60. The topological polar surface area (TPSA) is 201 Å². The van der Waals surface area contributed by atoms with Gasteiger partial charge in [0.25, 0.3) is 8.32 Å². The molecule has 8 aliphatic heterocycles. The van der Waals surface area contributed by atoms with Gasteiger partial charge in [0.15, 0.2) is 59.6 Å². The zero-order chi connectivity index (χ0) is 69.9. The number of aryl methyl sites for hydroxylation is 2. The van der Waals surface area contributed by atoms with Crippen LogP contribution in [-0.4, -0.2) is 165 Å². The zero-order valence-electron chi connectivity index (χ0n) is 59.2. The highest BCUT2D eigenvalue weighted by atomic mass is 28.4. The summed E-state index contributed by atoms with van der Waals surface area (Å²) < 4.78 is 80.7. The van der Waals surface area contributed by atoms with Crippen molar-refractivity contribution in [3.8, 4) is 69.6 Å². The van der Waals surface area contributed by atoms with Gasteiger partial charge in [-0.1, -0.05) is 119 Å². The number of ether oxygens (including phenoxy) is 12. The molecule has 0 aliphatic carbocycles. The van der Waals surface area contributed by atoms with E-state index in [4.69, 9.17) is 61.3 Å². The lowest BCUT2D eigenvalue weighted by molar-refractivity contribution is -0.0832. The number of hydrogen-bond donors (Lipinski definition) is 1. The van der Waals surface area contributed by atoms with Crippen LogP contribution >= 0.6 is 0 Å². The summed E-state index contributed by atoms with van der Waals surface area (Å²) >= 11 is 0. The van der Waals surface area contributed by atoms with Gasteiger partial charge in [-0.15, -0.1) is 0 Å². The molecule has 99 heavy (non-hydrogen) atoms. The van der Waals surface area contributed by atoms with Crippen LogP contribution in [-0.2, 0) is 39.6 Å². The lowest BCUT2D eigenvalue weighted by atomic mass is 9.71. The number of benzene rings is 6. The Labute approximate surface area is 582 Å². The first-order valence-corrected chi connectivity index (χ1v) is 36.0. The standard InChI is InChI=1S/C47H55N3O7Si.C31H37N3O7/c1-10-21-53-43-30(3)44-46(56-28-55-44)40-34(43)24-36-41-39-31(22-29(2)42(52-9)45(39)54-27-51-8)23-35(49(41)7)37(25-48)50(36)38(40)26-57-58(47(4,5)6,32-17-13-11-14-18-32)33-19-15-12-16-20-33;1-7-8-38-28-17(3)29-31(41-15-40-29)25-19(28)11-21-26-24-18(9-16(2)27(37-6)30(24)39-14-36-5)10-20(33(26)4)22(12-32)34(21)23(25)13-35/h10-20,22,35-38,41H,1,21,23-24,26-28H2,2-9H3;7,9,20-23,26,35H,1,8,10-11,13-15H2,2-6H3/t35-,36?,37-,38-,41-;20-,21?,22-,23-,26-/m00/s1. The summed E-state index contributed by atoms with van der Waals surface area (Å²) in [5.74, 6) is 6.82. The number of methoxy groups -OCH3 is 4. The molecule has 1 N–H and O–H groups in total. The largest absolute Gasteiger partial charge is 0.493 e. The van der Waals surface area contributed by atoms with E-state index in [1.165, 1.54) is 10.4 Å². The number of piperazine rings is 2. The highest BCUT2D eigenvalue weighted by Gasteiger charge is 2.60. The van der Waals surface area contributed by atoms with Crippen LogP contribution in [0.2, 0.25) is 5.04 Å². The van der Waals surface area contributed by atoms with Crippen molar-refractivity contribution < 1.29 is 66.4 Å². The number of aliphatic hydroxyl groups excluding tert-OH is 1. The molecule has 2 unspecified atom stereocenters. The van der Waals surface area contributed by atoms with E-state index in [9.17, 15) is 15.6 Å². The van der Waals surface area contributed by atoms with Crippen molar-refractivity contribution in [2.24, 2.45) is 0 Å². The summed E-state index contributed by atoms with van der Waals surface area (Å²) in [4.78, 5) is 9.33. The quantitative estimate of drug-likeness (QED) is 0.0429. The normalized spacial score (nSPS) is 23.8. The Balaban J connectivity index is 0.000000189. The Kier molecular flexibility index (Phi) is 19.6. The molecular weight excluding hydrogens is 1270 g/mol. The van der Waals surface area contributed by atoms with E-state index < -0.39 is 32.5 Å². The number of aliphatic hydroxyl groups is 1. The first-order chi connectivity index (χ1) is 47.9. The minimum absolute atomic E-state index is 0.0707. The Morgan fingerprint density at radius 2 is 0.970 bits per heavy atom. The molecule has 6 aromatic carbocycles. The molecule has 14 rings (SSSR count). The SMILES string of the molecule is C=CCOc1c(C)c2c(c3c1CC1[C@H]4c5c(cc(C)c(OC)c5OCOC)C[C@@H]([C@H](C#N)N1[C@H]3CO)N4C)OCO2.C=CCOc1c(C)c2c(c3c1CC1[C@H]4c5c(cc(C)c(OC)c5OCOC)C[C@@H]([C@H](C#N)N1[C@H]3CO[Si](c1ccccc1)(c1ccccc1)C(C)(C)C)N4C)OCO2. The van der Waals surface area contributed by atoms with E-state index in [2.05, 4.69) is 153 Å². The number of hydrogen-bond acceptors (Lipinski definition) is 20. The maximum absolute atomic E-state index is 11.4. The van der Waals surface area contributed by atoms with Gasteiger partial charge in [-0.05, 0) is 105 Å². The van der Waals surface area contributed by atoms with Crippen molar-refractivity contribution in [1.82, 2.24) is 19.6 Å². The van der Waals surface area contributed by atoms with Gasteiger partial charge in [0.1, 0.15) is 36.8 Å². The molecule has 4 bridgehead atoms. The van der Waals surface area contributed by atoms with Crippen molar-refractivity contribution in [2.75, 3.05) is 96.1 Å². The molecule has 0 amide bonds. The maximum atomic E-state index is 11.4. The van der Waals surface area contributed by atoms with Crippen molar-refractivity contribution in [3.05, 3.63) is 165 Å². The van der Waals surface area contributed by atoms with Gasteiger partial charge in [-0.25, -0.2) is 0 Å². The monoisotopic (exact) mass is 1360 g/mol. The summed E-state index contributed by atoms with van der Waals surface area (Å²) in [6, 6.07) is 28.4. The van der Waals surface area contributed by atoms with Gasteiger partial charge in [0.2, 0.25) is 13.6 Å². The van der Waals surface area contributed by atoms with Crippen LogP contribution in [0.1, 0.15) is 112 Å². The molecule has 20 nitrogen and oxygen atoms in total. The molecule has 2 saturated heterocycles. The van der Waals surface area contributed by atoms with Gasteiger partial charge < -0.3 is 66.4 Å². The third-order valence-corrected chi connectivity index (χ3v) is 26.9. The predicted molar refractivity (Wildman–Crippen MR) is 376 cm³/mol. The van der Waals surface area contributed by atoms with E-state index in [-0.39, 0.29) is 75.1 Å². The van der Waals surface area contributed by atoms with Crippen molar-refractivity contribution in [1.29, 1.82) is 10.5 Å². The van der Waals surface area contributed by atoms with E-state index in [1.807, 2.05) is 27.7 Å². The van der Waals surface area contributed by atoms with Gasteiger partial charge in [-0.3, -0.25) is 19.6 Å². The Morgan fingerprint density at radius 3 is 1.35 bits per heavy atom. The van der Waals surface area contributed by atoms with Crippen LogP contribution < -0.4 is 57.7 Å². The summed E-state index contributed by atoms with van der Waals surface area (Å²) in [5, 5.41) is 35.1. The number of rotatable bonds is 20. The smallest absolute Gasteiger partial charge is 0.261 e. The highest BCUT2D eigenvalue weighted by molar-refractivity contribution is 6.99. The van der Waals surface area contributed by atoms with Crippen LogP contribution in [0.25, 0.3) is 0 Å². The van der Waals surface area contributed by atoms with Gasteiger partial charge in [0.05, 0.1) is 63.7 Å². The molecule has 0 aromatic heterocycles. The maximum Gasteiger partial charge on any atom is 0.261 e. The minimum Gasteiger partial charge on any atom is -0.493 e. The molecule has 8 aliphatic rings. The predicted octanol–water partition coefficient (Wildman–Crippen LogP) is 10.3. The Hall–Kier alpha value is -8.32. The minimum atomic E-state index is -3.04. The average molecular weight is 1370 g/mol. The number of fused-ring (bicyclic) bond motifs is 18. The summed E-state index contributed by atoms with van der Waals surface area (Å²) in [7, 11) is 7.74. The fourth-order valence-corrected chi connectivity index (χ4v) is 22.7. The van der Waals surface area contributed by atoms with Crippen molar-refractivity contribution in [3.63, 3.8) is 0 Å². The number of nitriles is 2. The second-order valence-electron chi connectivity index (χ2n) is 27.9. The Bertz CT molecular complexity index is 4110. The van der Waals surface area contributed by atoms with E-state index in [0.29, 0.717) is 97.2 Å². The van der Waals surface area contributed by atoms with Crippen LogP contribution in [0.5, 0.6) is 57.5 Å². The van der Waals surface area contributed by atoms with E-state index in [1.54, 1.807) is 40.6 Å². The Morgan fingerprint density at radius 1 is 0.556 bits per heavy atom. The molecule has 522 valence electrons. The molecule has 0 spiro atoms. The fraction of sp³-hybridized carbons (Fsp3) is 0.462. The number of likely N-dealkylation sites (N-methyl/N-ethyl adjacent to an activating group) is 2. The van der Waals surface area contributed by atoms with Gasteiger partial charge >= 0.3 is 0 Å². The zero-order valence-corrected chi connectivity index (χ0v) is 60.2. The van der Waals surface area contributed by atoms with Crippen LogP contribution in [0, 0.1) is 50.4 Å². The third kappa shape index (κ3) is 11.1. The molecule has 0 radical (unpaired) electrons. The first kappa shape index (κ1) is 69.2. The second-order valence-corrected chi connectivity index (χ2v) is 32.2. The molecular formula is C78H92N6O14Si. The molecule has 8 heterocycles.